The summed E-state index contributed by atoms with van der Waals surface area (Å²) in [5.74, 6) is 0.837. The monoisotopic (exact) mass is 631 g/mol. The molecule has 2 atom stereocenters. The van der Waals surface area contributed by atoms with Crippen LogP contribution in [0.1, 0.15) is 44.9 Å². The summed E-state index contributed by atoms with van der Waals surface area (Å²) in [6.45, 7) is 17.8. The molecule has 3 aliphatic heterocycles. The van der Waals surface area contributed by atoms with E-state index in [4.69, 9.17) is 37.6 Å². The number of amides is 1. The highest BCUT2D eigenvalue weighted by molar-refractivity contribution is 6.36. The Bertz CT molecular complexity index is 1600. The molecule has 3 aromatic rings. The zero-order valence-corrected chi connectivity index (χ0v) is 27.4. The predicted molar refractivity (Wildman–Crippen MR) is 177 cm³/mol. The van der Waals surface area contributed by atoms with Crippen LogP contribution in [0.5, 0.6) is 6.01 Å². The molecule has 1 aromatic heterocycles. The van der Waals surface area contributed by atoms with E-state index in [-0.39, 0.29) is 18.7 Å². The lowest BCUT2D eigenvalue weighted by atomic mass is 10.0. The molecule has 0 radical (unpaired) electrons. The number of hydrogen-bond acceptors (Lipinski definition) is 8. The normalized spacial score (nSPS) is 20.7. The number of halogens is 1. The third kappa shape index (κ3) is 6.75. The number of likely N-dealkylation sites (tertiary alicyclic amines) is 1. The first kappa shape index (κ1) is 31.2. The van der Waals surface area contributed by atoms with Gasteiger partial charge < -0.3 is 29.0 Å². The average molecular weight is 632 g/mol. The second-order valence-electron chi connectivity index (χ2n) is 13.2. The van der Waals surface area contributed by atoms with E-state index in [1.54, 1.807) is 4.90 Å². The SMILES string of the molecule is [C-]#[N+]C[C@H]1CN(c2nc(OC[C@H]3CCCN3C)nc3c2CCN(c2cccc4cccc(Cl)c24)C3)CCN1C(=O)OC(C)(C)C. The van der Waals surface area contributed by atoms with Crippen LogP contribution >= 0.6 is 11.6 Å². The first-order chi connectivity index (χ1) is 21.6. The number of carbonyl (C=O) groups is 1. The Morgan fingerprint density at radius 1 is 1.07 bits per heavy atom. The zero-order chi connectivity index (χ0) is 31.7. The Labute approximate surface area is 270 Å². The average Bonchev–Trinajstić information content (AvgIpc) is 3.42. The van der Waals surface area contributed by atoms with Gasteiger partial charge in [-0.3, -0.25) is 4.90 Å². The van der Waals surface area contributed by atoms with Crippen molar-refractivity contribution in [2.75, 3.05) is 62.7 Å². The van der Waals surface area contributed by atoms with Crippen LogP contribution in [0.4, 0.5) is 16.3 Å². The lowest BCUT2D eigenvalue weighted by Gasteiger charge is -2.41. The Kier molecular flexibility index (Phi) is 8.94. The van der Waals surface area contributed by atoms with Crippen LogP contribution in [0.25, 0.3) is 15.6 Å². The summed E-state index contributed by atoms with van der Waals surface area (Å²) in [6.07, 6.45) is 2.62. The van der Waals surface area contributed by atoms with Gasteiger partial charge in [0.25, 0.3) is 0 Å². The van der Waals surface area contributed by atoms with Gasteiger partial charge in [-0.25, -0.2) is 11.4 Å². The molecule has 2 aromatic carbocycles. The van der Waals surface area contributed by atoms with Crippen molar-refractivity contribution in [3.05, 3.63) is 64.1 Å². The summed E-state index contributed by atoms with van der Waals surface area (Å²) in [4.78, 5) is 35.3. The van der Waals surface area contributed by atoms with Gasteiger partial charge in [0.15, 0.2) is 0 Å². The third-order valence-corrected chi connectivity index (χ3v) is 9.30. The summed E-state index contributed by atoms with van der Waals surface area (Å²) in [5, 5.41) is 2.88. The minimum atomic E-state index is -0.609. The largest absolute Gasteiger partial charge is 0.462 e. The smallest absolute Gasteiger partial charge is 0.410 e. The number of benzene rings is 2. The van der Waals surface area contributed by atoms with Gasteiger partial charge in [-0.1, -0.05) is 35.9 Å². The van der Waals surface area contributed by atoms with Crippen molar-refractivity contribution in [1.29, 1.82) is 0 Å². The van der Waals surface area contributed by atoms with Gasteiger partial charge >= 0.3 is 12.1 Å². The molecule has 4 heterocycles. The van der Waals surface area contributed by atoms with Gasteiger partial charge in [-0.2, -0.15) is 9.97 Å². The molecule has 0 unspecified atom stereocenters. The lowest BCUT2D eigenvalue weighted by molar-refractivity contribution is 0.0155. The predicted octanol–water partition coefficient (Wildman–Crippen LogP) is 5.66. The minimum Gasteiger partial charge on any atom is -0.462 e. The highest BCUT2D eigenvalue weighted by Gasteiger charge is 2.37. The van der Waals surface area contributed by atoms with E-state index in [2.05, 4.69) is 50.9 Å². The highest BCUT2D eigenvalue weighted by atomic mass is 35.5. The molecular formula is C34H42ClN7O3. The molecule has 1 amide bonds. The first-order valence-electron chi connectivity index (χ1n) is 15.8. The number of nitrogens with zero attached hydrogens (tertiary/aromatic N) is 7. The van der Waals surface area contributed by atoms with Gasteiger partial charge in [0.2, 0.25) is 6.54 Å². The number of ether oxygens (including phenoxy) is 2. The van der Waals surface area contributed by atoms with Gasteiger partial charge in [-0.15, -0.1) is 0 Å². The van der Waals surface area contributed by atoms with Gasteiger partial charge in [0, 0.05) is 48.9 Å². The molecule has 10 nitrogen and oxygen atoms in total. The molecular weight excluding hydrogens is 590 g/mol. The second kappa shape index (κ2) is 12.9. The van der Waals surface area contributed by atoms with Crippen LogP contribution < -0.4 is 14.5 Å². The molecule has 0 spiro atoms. The summed E-state index contributed by atoms with van der Waals surface area (Å²) in [7, 11) is 2.13. The number of aromatic nitrogens is 2. The molecule has 0 bridgehead atoms. The summed E-state index contributed by atoms with van der Waals surface area (Å²) in [5.41, 5.74) is 2.50. The molecule has 2 saturated heterocycles. The fourth-order valence-corrected chi connectivity index (χ4v) is 6.97. The fourth-order valence-electron chi connectivity index (χ4n) is 6.69. The maximum atomic E-state index is 13.1. The summed E-state index contributed by atoms with van der Waals surface area (Å²) in [6, 6.07) is 12.7. The summed E-state index contributed by atoms with van der Waals surface area (Å²) < 4.78 is 12.0. The maximum absolute atomic E-state index is 13.1. The van der Waals surface area contributed by atoms with Crippen molar-refractivity contribution in [3.8, 4) is 6.01 Å². The van der Waals surface area contributed by atoms with Crippen LogP contribution in [0.3, 0.4) is 0 Å². The number of anilines is 2. The molecule has 0 aliphatic carbocycles. The molecule has 6 rings (SSSR count). The highest BCUT2D eigenvalue weighted by Crippen LogP contribution is 2.37. The minimum absolute atomic E-state index is 0.190. The Balaban J connectivity index is 1.32. The van der Waals surface area contributed by atoms with E-state index in [0.717, 1.165) is 70.9 Å². The number of likely N-dealkylation sites (N-methyl/N-ethyl adjacent to an activating group) is 1. The molecule has 238 valence electrons. The topological polar surface area (TPSA) is 78.6 Å². The Morgan fingerprint density at radius 2 is 1.87 bits per heavy atom. The van der Waals surface area contributed by atoms with Gasteiger partial charge in [-0.05, 0) is 71.1 Å². The Morgan fingerprint density at radius 3 is 2.60 bits per heavy atom. The number of fused-ring (bicyclic) bond motifs is 2. The number of carbonyl (C=O) groups excluding carboxylic acids is 1. The van der Waals surface area contributed by atoms with Crippen LogP contribution in [0, 0.1) is 6.57 Å². The summed E-state index contributed by atoms with van der Waals surface area (Å²) >= 11 is 6.72. The van der Waals surface area contributed by atoms with Crippen molar-refractivity contribution in [2.45, 2.75) is 64.3 Å². The van der Waals surface area contributed by atoms with E-state index >= 15 is 0 Å². The fraction of sp³-hybridized carbons (Fsp3) is 0.529. The van der Waals surface area contributed by atoms with Crippen LogP contribution in [0.15, 0.2) is 36.4 Å². The molecule has 0 saturated carbocycles. The van der Waals surface area contributed by atoms with E-state index in [9.17, 15) is 4.79 Å². The molecule has 2 fully saturated rings. The van der Waals surface area contributed by atoms with Gasteiger partial charge in [0.05, 0.1) is 17.3 Å². The molecule has 45 heavy (non-hydrogen) atoms. The molecule has 0 N–H and O–H groups in total. The van der Waals surface area contributed by atoms with Gasteiger partial charge in [0.1, 0.15) is 24.1 Å². The van der Waals surface area contributed by atoms with Crippen LogP contribution in [0.2, 0.25) is 5.02 Å². The quantitative estimate of drug-likeness (QED) is 0.323. The van der Waals surface area contributed by atoms with E-state index in [1.807, 2.05) is 32.9 Å². The molecule has 11 heteroatoms. The van der Waals surface area contributed by atoms with E-state index < -0.39 is 5.60 Å². The molecule has 3 aliphatic rings. The van der Waals surface area contributed by atoms with E-state index in [0.29, 0.717) is 44.8 Å². The van der Waals surface area contributed by atoms with Crippen molar-refractivity contribution in [3.63, 3.8) is 0 Å². The standard InChI is InChI=1S/C34H42ClN7O3/c1-34(2,3)45-33(43)42-18-17-41(20-25(42)19-36-4)31-26-14-16-40(29-13-7-10-23-9-6-12-27(35)30(23)29)21-28(26)37-32(38-31)44-22-24-11-8-15-39(24)5/h6-7,9-10,12-13,24-25H,8,11,14-22H2,1-3,5H3/t24-,25+/m1/s1. The van der Waals surface area contributed by atoms with Crippen molar-refractivity contribution in [1.82, 2.24) is 19.8 Å². The number of rotatable bonds is 6. The first-order valence-corrected chi connectivity index (χ1v) is 16.2. The Hall–Kier alpha value is -3.81. The van der Waals surface area contributed by atoms with Crippen molar-refractivity contribution in [2.24, 2.45) is 0 Å². The van der Waals surface area contributed by atoms with Crippen LogP contribution in [-0.4, -0.2) is 96.5 Å². The zero-order valence-electron chi connectivity index (χ0n) is 26.6. The third-order valence-electron chi connectivity index (χ3n) is 8.98. The number of hydrogen-bond donors (Lipinski definition) is 0. The second-order valence-corrected chi connectivity index (χ2v) is 13.7. The van der Waals surface area contributed by atoms with Crippen molar-refractivity contribution < 1.29 is 14.3 Å². The maximum Gasteiger partial charge on any atom is 0.410 e. The van der Waals surface area contributed by atoms with E-state index in [1.165, 1.54) is 0 Å². The lowest BCUT2D eigenvalue weighted by Crippen LogP contribution is -2.57. The van der Waals surface area contributed by atoms with Crippen LogP contribution in [-0.2, 0) is 17.7 Å². The van der Waals surface area contributed by atoms with Crippen molar-refractivity contribution >= 4 is 40.0 Å². The number of piperazine rings is 1.